The van der Waals surface area contributed by atoms with Crippen LogP contribution in [-0.2, 0) is 7.05 Å². The molecular weight excluding hydrogens is 470 g/mol. The summed E-state index contributed by atoms with van der Waals surface area (Å²) in [6, 6.07) is 22.3. The van der Waals surface area contributed by atoms with Crippen LogP contribution in [0, 0.1) is 13.8 Å². The number of benzene rings is 3. The molecule has 0 aliphatic heterocycles. The topological polar surface area (TPSA) is 21.7 Å². The number of hydrogen-bond acceptors (Lipinski definition) is 2. The zero-order valence-electron chi connectivity index (χ0n) is 22.8. The molecule has 0 saturated carbocycles. The first-order chi connectivity index (χ1) is 17.8. The Morgan fingerprint density at radius 3 is 2.32 bits per heavy atom. The van der Waals surface area contributed by atoms with Crippen molar-refractivity contribution in [1.82, 2.24) is 9.55 Å². The number of rotatable bonds is 4. The normalized spacial score (nSPS) is 12.1. The van der Waals surface area contributed by atoms with E-state index in [0.29, 0.717) is 11.8 Å². The summed E-state index contributed by atoms with van der Waals surface area (Å²) < 4.78 is 7.63. The highest BCUT2D eigenvalue weighted by Gasteiger charge is 2.33. The second kappa shape index (κ2) is 8.81. The van der Waals surface area contributed by atoms with Crippen molar-refractivity contribution in [2.45, 2.75) is 53.4 Å². The number of para-hydroxylation sites is 2. The van der Waals surface area contributed by atoms with E-state index in [1.54, 1.807) is 0 Å². The standard InChI is InChI=1S/C33H34N3S/c1-19(2)24-17-25-23-12-8-11-15-29(23)37-32(25)30(20(3)4)31(24)36-28-14-10-9-13-27(28)35(7)33(36)26-18-34-22(6)16-21(26)5/h8-20H,1-7H3/q+1. The number of aromatic nitrogens is 3. The number of thiophene rings is 1. The van der Waals surface area contributed by atoms with Gasteiger partial charge in [0.25, 0.3) is 5.82 Å². The SMILES string of the molecule is Cc1cc(C)c(-c2n(-c3c(C(C)C)cc4c(sc5ccccc54)c3C(C)C)c3ccccc3[n+]2C)cn1. The zero-order valence-corrected chi connectivity index (χ0v) is 23.6. The third-order valence-corrected chi connectivity index (χ3v) is 8.85. The lowest BCUT2D eigenvalue weighted by Crippen LogP contribution is -2.30. The molecular formula is C33H34N3S+. The summed E-state index contributed by atoms with van der Waals surface area (Å²) in [5.41, 5.74) is 10.1. The average Bonchev–Trinajstić information content (AvgIpc) is 3.38. The fourth-order valence-corrected chi connectivity index (χ4v) is 7.27. The van der Waals surface area contributed by atoms with Crippen LogP contribution in [-0.4, -0.2) is 9.55 Å². The van der Waals surface area contributed by atoms with Crippen LogP contribution in [0.3, 0.4) is 0 Å². The number of fused-ring (bicyclic) bond motifs is 4. The van der Waals surface area contributed by atoms with Crippen LogP contribution >= 0.6 is 11.3 Å². The van der Waals surface area contributed by atoms with Crippen LogP contribution in [0.15, 0.2) is 66.9 Å². The van der Waals surface area contributed by atoms with Gasteiger partial charge in [-0.1, -0.05) is 58.0 Å². The van der Waals surface area contributed by atoms with Gasteiger partial charge in [-0.3, -0.25) is 4.98 Å². The van der Waals surface area contributed by atoms with E-state index in [-0.39, 0.29) is 0 Å². The molecule has 0 saturated heterocycles. The van der Waals surface area contributed by atoms with Crippen molar-refractivity contribution >= 4 is 42.5 Å². The van der Waals surface area contributed by atoms with Crippen molar-refractivity contribution in [3.63, 3.8) is 0 Å². The maximum atomic E-state index is 4.73. The highest BCUT2D eigenvalue weighted by atomic mass is 32.1. The largest absolute Gasteiger partial charge is 0.296 e. The van der Waals surface area contributed by atoms with Crippen LogP contribution in [0.1, 0.15) is 61.9 Å². The van der Waals surface area contributed by atoms with E-state index in [9.17, 15) is 0 Å². The molecule has 0 bridgehead atoms. The summed E-state index contributed by atoms with van der Waals surface area (Å²) in [5.74, 6) is 1.91. The van der Waals surface area contributed by atoms with Crippen LogP contribution in [0.5, 0.6) is 0 Å². The molecule has 0 N–H and O–H groups in total. The Balaban J connectivity index is 1.85. The molecule has 0 aliphatic carbocycles. The lowest BCUT2D eigenvalue weighted by molar-refractivity contribution is -0.633. The predicted octanol–water partition coefficient (Wildman–Crippen LogP) is 8.75. The van der Waals surface area contributed by atoms with Crippen molar-refractivity contribution in [1.29, 1.82) is 0 Å². The van der Waals surface area contributed by atoms with Crippen molar-refractivity contribution in [2.24, 2.45) is 7.05 Å². The van der Waals surface area contributed by atoms with Crippen LogP contribution in [0.4, 0.5) is 0 Å². The second-order valence-corrected chi connectivity index (χ2v) is 11.9. The molecule has 4 heteroatoms. The third kappa shape index (κ3) is 3.61. The van der Waals surface area contributed by atoms with Crippen molar-refractivity contribution in [2.75, 3.05) is 0 Å². The first kappa shape index (κ1) is 23.9. The minimum atomic E-state index is 0.362. The maximum absolute atomic E-state index is 4.73. The number of nitrogens with zero attached hydrogens (tertiary/aromatic N) is 3. The van der Waals surface area contributed by atoms with Gasteiger partial charge < -0.3 is 0 Å². The minimum absolute atomic E-state index is 0.362. The first-order valence-electron chi connectivity index (χ1n) is 13.2. The van der Waals surface area contributed by atoms with Gasteiger partial charge in [0.2, 0.25) is 0 Å². The number of pyridine rings is 1. The van der Waals surface area contributed by atoms with Crippen LogP contribution in [0.25, 0.3) is 48.3 Å². The molecule has 0 aliphatic rings. The van der Waals surface area contributed by atoms with Gasteiger partial charge in [0.15, 0.2) is 11.0 Å². The molecule has 3 aromatic carbocycles. The summed E-state index contributed by atoms with van der Waals surface area (Å²) in [6.45, 7) is 13.6. The Kier molecular flexibility index (Phi) is 5.68. The Morgan fingerprint density at radius 1 is 0.865 bits per heavy atom. The molecule has 3 aromatic heterocycles. The highest BCUT2D eigenvalue weighted by Crippen LogP contribution is 2.46. The van der Waals surface area contributed by atoms with Crippen molar-refractivity contribution in [3.8, 4) is 17.1 Å². The third-order valence-electron chi connectivity index (χ3n) is 7.63. The number of imidazole rings is 1. The van der Waals surface area contributed by atoms with E-state index >= 15 is 0 Å². The van der Waals surface area contributed by atoms with E-state index in [0.717, 1.165) is 5.69 Å². The second-order valence-electron chi connectivity index (χ2n) is 10.9. The van der Waals surface area contributed by atoms with Crippen LogP contribution < -0.4 is 4.57 Å². The monoisotopic (exact) mass is 504 g/mol. The predicted molar refractivity (Wildman–Crippen MR) is 158 cm³/mol. The van der Waals surface area contributed by atoms with E-state index in [4.69, 9.17) is 4.98 Å². The molecule has 0 radical (unpaired) electrons. The van der Waals surface area contributed by atoms with Gasteiger partial charge in [-0.15, -0.1) is 11.3 Å². The maximum Gasteiger partial charge on any atom is 0.296 e. The first-order valence-corrected chi connectivity index (χ1v) is 14.0. The van der Waals surface area contributed by atoms with Gasteiger partial charge in [0.1, 0.15) is 5.69 Å². The van der Waals surface area contributed by atoms with Gasteiger partial charge in [-0.2, -0.15) is 4.57 Å². The number of aryl methyl sites for hydroxylation is 3. The molecule has 3 nitrogen and oxygen atoms in total. The molecule has 3 heterocycles. The highest BCUT2D eigenvalue weighted by molar-refractivity contribution is 7.26. The van der Waals surface area contributed by atoms with Gasteiger partial charge >= 0.3 is 0 Å². The zero-order chi connectivity index (χ0) is 26.0. The van der Waals surface area contributed by atoms with E-state index in [1.807, 2.05) is 11.3 Å². The lowest BCUT2D eigenvalue weighted by Gasteiger charge is -2.20. The summed E-state index contributed by atoms with van der Waals surface area (Å²) in [5, 5.41) is 2.74. The molecule has 0 spiro atoms. The lowest BCUT2D eigenvalue weighted by atomic mass is 9.90. The fraction of sp³-hybridized carbons (Fsp3) is 0.273. The van der Waals surface area contributed by atoms with Gasteiger partial charge in [0, 0.05) is 43.2 Å². The Bertz CT molecular complexity index is 1820. The summed E-state index contributed by atoms with van der Waals surface area (Å²) in [7, 11) is 2.19. The van der Waals surface area contributed by atoms with Crippen molar-refractivity contribution < 1.29 is 4.57 Å². The summed E-state index contributed by atoms with van der Waals surface area (Å²) in [6.07, 6.45) is 2.05. The molecule has 0 fully saturated rings. The molecule has 186 valence electrons. The van der Waals surface area contributed by atoms with E-state index in [1.165, 1.54) is 65.0 Å². The summed E-state index contributed by atoms with van der Waals surface area (Å²) in [4.78, 5) is 4.73. The smallest absolute Gasteiger partial charge is 0.261 e. The minimum Gasteiger partial charge on any atom is -0.261 e. The van der Waals surface area contributed by atoms with Crippen molar-refractivity contribution in [3.05, 3.63) is 89.2 Å². The average molecular weight is 505 g/mol. The van der Waals surface area contributed by atoms with Gasteiger partial charge in [-0.25, -0.2) is 4.57 Å². The molecule has 0 atom stereocenters. The molecule has 0 amide bonds. The fourth-order valence-electron chi connectivity index (χ4n) is 5.89. The molecule has 37 heavy (non-hydrogen) atoms. The van der Waals surface area contributed by atoms with Gasteiger partial charge in [0.05, 0.1) is 12.6 Å². The number of hydrogen-bond donors (Lipinski definition) is 0. The Labute approximate surface area is 223 Å². The van der Waals surface area contributed by atoms with E-state index < -0.39 is 0 Å². The Hall–Kier alpha value is -3.50. The molecule has 6 aromatic rings. The molecule has 0 unspecified atom stereocenters. The van der Waals surface area contributed by atoms with E-state index in [2.05, 4.69) is 125 Å². The van der Waals surface area contributed by atoms with Gasteiger partial charge in [-0.05, 0) is 61.6 Å². The van der Waals surface area contributed by atoms with Crippen LogP contribution in [0.2, 0.25) is 0 Å². The summed E-state index contributed by atoms with van der Waals surface area (Å²) >= 11 is 1.93. The quantitative estimate of drug-likeness (QED) is 0.220. The molecule has 6 rings (SSSR count). The Morgan fingerprint density at radius 2 is 1.59 bits per heavy atom.